The molecule has 5 heavy (non-hydrogen) atoms. The highest BCUT2D eigenvalue weighted by molar-refractivity contribution is 5.85. The van der Waals surface area contributed by atoms with Crippen LogP contribution in [0.3, 0.4) is 0 Å². The van der Waals surface area contributed by atoms with E-state index >= 15 is 0 Å². The lowest BCUT2D eigenvalue weighted by atomic mass is 11.0. The van der Waals surface area contributed by atoms with Crippen LogP contribution in [0, 0.1) is 0 Å². The second kappa shape index (κ2) is 69.9. The topological polar surface area (TPSA) is 0 Å². The summed E-state index contributed by atoms with van der Waals surface area (Å²) in [6, 6.07) is 0. The van der Waals surface area contributed by atoms with Crippen LogP contribution >= 0.6 is 24.8 Å². The number of halogens is 2. The van der Waals surface area contributed by atoms with E-state index in [4.69, 9.17) is 0 Å². The van der Waals surface area contributed by atoms with Crippen molar-refractivity contribution in [3.8, 4) is 0 Å². The molecule has 36 valence electrons. The predicted octanol–water partition coefficient (Wildman–Crippen LogP) is 0.686. The van der Waals surface area contributed by atoms with Crippen LogP contribution < -0.4 is 0 Å². The Labute approximate surface area is 56.3 Å². The van der Waals surface area contributed by atoms with Crippen molar-refractivity contribution >= 4 is 42.2 Å². The van der Waals surface area contributed by atoms with Crippen LogP contribution in [-0.4, -0.2) is 17.4 Å². The first-order valence-corrected chi connectivity index (χ1v) is 1.00. The molecule has 0 aliphatic heterocycles. The second-order valence-electron chi connectivity index (χ2n) is 0. The Morgan fingerprint density at radius 2 is 0.800 bits per heavy atom. The monoisotopic (exact) mass is 132 g/mol. The molecule has 0 unspecified atom stereocenters. The van der Waals surface area contributed by atoms with Gasteiger partial charge in [0.05, 0.1) is 0 Å². The Morgan fingerprint density at radius 1 is 0.800 bits per heavy atom. The average molecular weight is 133 g/mol. The minimum atomic E-state index is 0. The molecule has 0 aromatic carbocycles. The molecule has 0 rings (SSSR count). The second-order valence-corrected chi connectivity index (χ2v) is 0. The molecule has 0 saturated heterocycles. The fraction of sp³-hybridized carbons (Fsp3) is 1.00. The highest BCUT2D eigenvalue weighted by atomic mass is 35.5. The minimum absolute atomic E-state index is 0. The first-order valence-electron chi connectivity index (χ1n) is 1.00. The van der Waals surface area contributed by atoms with E-state index in [2.05, 4.69) is 0 Å². The molecular formula is C2H11AlCl2. The number of hydrogen-bond donors (Lipinski definition) is 0. The van der Waals surface area contributed by atoms with Gasteiger partial charge in [-0.2, -0.15) is 0 Å². The van der Waals surface area contributed by atoms with Gasteiger partial charge < -0.3 is 0 Å². The standard InChI is InChI=1S/C2H6.Al.2ClH.3H/c1-2;;;;;;/h1-2H3;;2*1H;;;. The normalized spacial score (nSPS) is 1.20. The molecule has 0 amide bonds. The maximum atomic E-state index is 2.00. The highest BCUT2D eigenvalue weighted by Crippen LogP contribution is 1.14. The van der Waals surface area contributed by atoms with E-state index in [-0.39, 0.29) is 42.2 Å². The van der Waals surface area contributed by atoms with E-state index in [1.807, 2.05) is 13.8 Å². The van der Waals surface area contributed by atoms with E-state index in [1.54, 1.807) is 0 Å². The third kappa shape index (κ3) is 40.0. The van der Waals surface area contributed by atoms with E-state index in [1.165, 1.54) is 0 Å². The van der Waals surface area contributed by atoms with Crippen molar-refractivity contribution in [2.45, 2.75) is 13.8 Å². The van der Waals surface area contributed by atoms with E-state index in [0.29, 0.717) is 0 Å². The largest absolute Gasteiger partial charge is 0.187 e. The lowest BCUT2D eigenvalue weighted by Crippen LogP contribution is -0.856. The summed E-state index contributed by atoms with van der Waals surface area (Å²) >= 11 is 0. The zero-order chi connectivity index (χ0) is 2.00. The van der Waals surface area contributed by atoms with Gasteiger partial charge in [0.1, 0.15) is 0 Å². The van der Waals surface area contributed by atoms with Gasteiger partial charge in [0.15, 0.2) is 17.4 Å². The van der Waals surface area contributed by atoms with Crippen LogP contribution in [0.25, 0.3) is 0 Å². The zero-order valence-electron chi connectivity index (χ0n) is 2.82. The molecule has 0 aliphatic carbocycles. The third-order valence-electron chi connectivity index (χ3n) is 0. The maximum absolute atomic E-state index is 2.00. The summed E-state index contributed by atoms with van der Waals surface area (Å²) in [4.78, 5) is 0. The van der Waals surface area contributed by atoms with Gasteiger partial charge in [-0.3, -0.25) is 0 Å². The molecule has 3 heteroatoms. The van der Waals surface area contributed by atoms with Crippen LogP contribution in [-0.2, 0) is 0 Å². The summed E-state index contributed by atoms with van der Waals surface area (Å²) in [5, 5.41) is 0. The fourth-order valence-corrected chi connectivity index (χ4v) is 0. The Kier molecular flexibility index (Phi) is 500. The van der Waals surface area contributed by atoms with Gasteiger partial charge in [-0.25, -0.2) is 0 Å². The Bertz CT molecular complexity index is 7.61. The van der Waals surface area contributed by atoms with Gasteiger partial charge in [0, 0.05) is 0 Å². The molecule has 0 radical (unpaired) electrons. The molecule has 0 nitrogen and oxygen atoms in total. The first kappa shape index (κ1) is 35.8. The lowest BCUT2D eigenvalue weighted by molar-refractivity contribution is 1.50. The van der Waals surface area contributed by atoms with Crippen LogP contribution in [0.2, 0.25) is 0 Å². The minimum Gasteiger partial charge on any atom is -0.147 e. The highest BCUT2D eigenvalue weighted by Gasteiger charge is 0.932. The smallest absolute Gasteiger partial charge is 0.147 e. The average Bonchev–Trinajstić information content (AvgIpc) is 1.00. The van der Waals surface area contributed by atoms with E-state index in [9.17, 15) is 0 Å². The number of hydrogen-bond acceptors (Lipinski definition) is 0. The van der Waals surface area contributed by atoms with Crippen LogP contribution in [0.15, 0.2) is 0 Å². The summed E-state index contributed by atoms with van der Waals surface area (Å²) in [5.74, 6) is 0. The molecule has 0 aromatic heterocycles. The van der Waals surface area contributed by atoms with Gasteiger partial charge in [-0.15, -0.1) is 24.8 Å². The third-order valence-corrected chi connectivity index (χ3v) is 0. The summed E-state index contributed by atoms with van der Waals surface area (Å²) in [6.07, 6.45) is 0. The van der Waals surface area contributed by atoms with Crippen LogP contribution in [0.4, 0.5) is 0 Å². The van der Waals surface area contributed by atoms with Gasteiger partial charge in [-0.1, -0.05) is 13.8 Å². The predicted molar refractivity (Wildman–Crippen MR) is 35.8 cm³/mol. The summed E-state index contributed by atoms with van der Waals surface area (Å²) < 4.78 is 0. The van der Waals surface area contributed by atoms with Crippen molar-refractivity contribution in [1.29, 1.82) is 0 Å². The SMILES string of the molecule is CC.Cl.Cl.[AlH3]. The van der Waals surface area contributed by atoms with E-state index < -0.39 is 0 Å². The molecule has 0 aromatic rings. The zero-order valence-corrected chi connectivity index (χ0v) is 4.45. The van der Waals surface area contributed by atoms with Gasteiger partial charge in [0.25, 0.3) is 0 Å². The Hall–Kier alpha value is 1.11. The van der Waals surface area contributed by atoms with E-state index in [0.717, 1.165) is 0 Å². The first-order chi connectivity index (χ1) is 1.00. The quantitative estimate of drug-likeness (QED) is 0.426. The van der Waals surface area contributed by atoms with Gasteiger partial charge >= 0.3 is 0 Å². The molecule has 0 fully saturated rings. The van der Waals surface area contributed by atoms with Crippen molar-refractivity contribution in [2.75, 3.05) is 0 Å². The Morgan fingerprint density at radius 3 is 0.800 bits per heavy atom. The molecule has 0 spiro atoms. The molecule has 0 atom stereocenters. The molecule has 0 bridgehead atoms. The summed E-state index contributed by atoms with van der Waals surface area (Å²) in [6.45, 7) is 4.00. The summed E-state index contributed by atoms with van der Waals surface area (Å²) in [7, 11) is 0. The van der Waals surface area contributed by atoms with Gasteiger partial charge in [-0.05, 0) is 0 Å². The molecule has 0 heterocycles. The van der Waals surface area contributed by atoms with Crippen molar-refractivity contribution in [3.63, 3.8) is 0 Å². The van der Waals surface area contributed by atoms with Crippen molar-refractivity contribution < 1.29 is 0 Å². The molecular weight excluding hydrogens is 122 g/mol. The fourth-order valence-electron chi connectivity index (χ4n) is 0. The van der Waals surface area contributed by atoms with Gasteiger partial charge in [0.2, 0.25) is 0 Å². The van der Waals surface area contributed by atoms with Crippen LogP contribution in [0.5, 0.6) is 0 Å². The van der Waals surface area contributed by atoms with Crippen molar-refractivity contribution in [3.05, 3.63) is 0 Å². The molecule has 0 N–H and O–H groups in total. The Balaban J connectivity index is -0.00000000167. The van der Waals surface area contributed by atoms with Crippen molar-refractivity contribution in [1.82, 2.24) is 0 Å². The number of rotatable bonds is 0. The maximum Gasteiger partial charge on any atom is 0.187 e. The van der Waals surface area contributed by atoms with Crippen molar-refractivity contribution in [2.24, 2.45) is 0 Å². The lowest BCUT2D eigenvalue weighted by Gasteiger charge is -1.07. The van der Waals surface area contributed by atoms with Crippen LogP contribution in [0.1, 0.15) is 13.8 Å². The molecule has 0 saturated carbocycles. The molecule has 0 aliphatic rings. The summed E-state index contributed by atoms with van der Waals surface area (Å²) in [5.41, 5.74) is 0.